The van der Waals surface area contributed by atoms with Gasteiger partial charge in [-0.25, -0.2) is 4.98 Å². The fourth-order valence-corrected chi connectivity index (χ4v) is 2.21. The highest BCUT2D eigenvalue weighted by molar-refractivity contribution is 9.10. The maximum atomic E-state index is 9.34. The summed E-state index contributed by atoms with van der Waals surface area (Å²) in [6.07, 6.45) is 1.99. The number of fused-ring (bicyclic) bond motifs is 1. The highest BCUT2D eigenvalue weighted by atomic mass is 79.9. The Morgan fingerprint density at radius 2 is 2.40 bits per heavy atom. The number of aromatic nitrogens is 2. The Bertz CT molecular complexity index is 493. The molecule has 0 fully saturated rings. The third-order valence-electron chi connectivity index (χ3n) is 2.20. The number of pyridine rings is 1. The number of nitrogens with zero attached hydrogens (tertiary/aromatic N) is 2. The van der Waals surface area contributed by atoms with E-state index in [1.165, 1.54) is 0 Å². The van der Waals surface area contributed by atoms with Crippen LogP contribution in [-0.4, -0.2) is 20.6 Å². The maximum absolute atomic E-state index is 9.34. The third-order valence-corrected chi connectivity index (χ3v) is 2.76. The molecule has 1 unspecified atom stereocenters. The van der Waals surface area contributed by atoms with Gasteiger partial charge in [0.1, 0.15) is 15.9 Å². The predicted octanol–water partition coefficient (Wildman–Crippen LogP) is 1.60. The van der Waals surface area contributed by atoms with Gasteiger partial charge in [0.25, 0.3) is 0 Å². The van der Waals surface area contributed by atoms with Gasteiger partial charge in [-0.3, -0.25) is 0 Å². The smallest absolute Gasteiger partial charge is 0.134 e. The third kappa shape index (κ3) is 1.85. The molecule has 0 spiro atoms. The minimum Gasteiger partial charge on any atom is -0.397 e. The van der Waals surface area contributed by atoms with Gasteiger partial charge >= 0.3 is 0 Å². The molecule has 0 aromatic carbocycles. The average molecular weight is 270 g/mol. The maximum Gasteiger partial charge on any atom is 0.134 e. The zero-order valence-corrected chi connectivity index (χ0v) is 9.90. The number of halogens is 1. The van der Waals surface area contributed by atoms with E-state index in [9.17, 15) is 5.11 Å². The van der Waals surface area contributed by atoms with Crippen molar-refractivity contribution in [3.63, 3.8) is 0 Å². The van der Waals surface area contributed by atoms with Crippen LogP contribution in [0.1, 0.15) is 12.7 Å². The fourth-order valence-electron chi connectivity index (χ4n) is 1.59. The number of imidazole rings is 1. The molecule has 2 heterocycles. The van der Waals surface area contributed by atoms with Crippen molar-refractivity contribution in [3.8, 4) is 0 Å². The van der Waals surface area contributed by atoms with E-state index in [-0.39, 0.29) is 0 Å². The van der Waals surface area contributed by atoms with Crippen molar-refractivity contribution in [1.29, 1.82) is 0 Å². The summed E-state index contributed by atoms with van der Waals surface area (Å²) in [6.45, 7) is 1.74. The molecule has 0 aliphatic rings. The molecule has 2 aromatic heterocycles. The first-order chi connectivity index (χ1) is 7.09. The van der Waals surface area contributed by atoms with Crippen LogP contribution in [0, 0.1) is 0 Å². The molecule has 15 heavy (non-hydrogen) atoms. The van der Waals surface area contributed by atoms with Crippen LogP contribution in [0.3, 0.4) is 0 Å². The van der Waals surface area contributed by atoms with Gasteiger partial charge in [-0.15, -0.1) is 0 Å². The van der Waals surface area contributed by atoms with Crippen molar-refractivity contribution in [2.24, 2.45) is 0 Å². The number of hydrogen-bond donors (Lipinski definition) is 2. The summed E-state index contributed by atoms with van der Waals surface area (Å²) in [5.41, 5.74) is 7.38. The quantitative estimate of drug-likeness (QED) is 0.871. The lowest BCUT2D eigenvalue weighted by atomic mass is 10.3. The summed E-state index contributed by atoms with van der Waals surface area (Å²) >= 11 is 3.36. The zero-order chi connectivity index (χ0) is 11.0. The Kier molecular flexibility index (Phi) is 2.67. The summed E-state index contributed by atoms with van der Waals surface area (Å²) in [5.74, 6) is 0.805. The Labute approximate surface area is 95.9 Å². The van der Waals surface area contributed by atoms with Crippen LogP contribution in [0.15, 0.2) is 22.9 Å². The van der Waals surface area contributed by atoms with E-state index in [1.807, 2.05) is 22.7 Å². The number of nitrogen functional groups attached to an aromatic ring is 1. The van der Waals surface area contributed by atoms with E-state index in [2.05, 4.69) is 20.9 Å². The van der Waals surface area contributed by atoms with E-state index in [4.69, 9.17) is 5.73 Å². The molecule has 2 rings (SSSR count). The number of anilines is 1. The van der Waals surface area contributed by atoms with Crippen LogP contribution in [0.25, 0.3) is 5.52 Å². The standard InChI is InChI=1S/C10H12BrN3O/c1-6(15)5-8-13-10(11)9-7(12)3-2-4-14(8)9/h2-4,6,15H,5,12H2,1H3. The van der Waals surface area contributed by atoms with E-state index >= 15 is 0 Å². The lowest BCUT2D eigenvalue weighted by molar-refractivity contribution is 0.192. The van der Waals surface area contributed by atoms with Gasteiger partial charge < -0.3 is 15.2 Å². The van der Waals surface area contributed by atoms with Gasteiger partial charge in [0.05, 0.1) is 11.8 Å². The molecular formula is C10H12BrN3O. The summed E-state index contributed by atoms with van der Waals surface area (Å²) in [5, 5.41) is 9.34. The van der Waals surface area contributed by atoms with Gasteiger partial charge in [0, 0.05) is 12.6 Å². The van der Waals surface area contributed by atoms with Crippen molar-refractivity contribution < 1.29 is 5.11 Å². The Morgan fingerprint density at radius 3 is 3.07 bits per heavy atom. The second kappa shape index (κ2) is 3.83. The van der Waals surface area contributed by atoms with Crippen LogP contribution in [0.5, 0.6) is 0 Å². The molecule has 2 aromatic rings. The highest BCUT2D eigenvalue weighted by Gasteiger charge is 2.12. The summed E-state index contributed by atoms with van der Waals surface area (Å²) in [7, 11) is 0. The second-order valence-corrected chi connectivity index (χ2v) is 4.31. The normalized spacial score (nSPS) is 13.3. The number of nitrogens with two attached hydrogens (primary N) is 1. The molecular weight excluding hydrogens is 258 g/mol. The Balaban J connectivity index is 2.63. The Morgan fingerprint density at radius 1 is 1.67 bits per heavy atom. The van der Waals surface area contributed by atoms with E-state index in [0.29, 0.717) is 12.1 Å². The predicted molar refractivity (Wildman–Crippen MR) is 62.7 cm³/mol. The monoisotopic (exact) mass is 269 g/mol. The first-order valence-corrected chi connectivity index (χ1v) is 5.48. The van der Waals surface area contributed by atoms with Gasteiger partial charge in [-0.05, 0) is 35.0 Å². The molecule has 1 atom stereocenters. The minimum atomic E-state index is -0.413. The van der Waals surface area contributed by atoms with Crippen LogP contribution in [0.4, 0.5) is 5.69 Å². The molecule has 0 aliphatic carbocycles. The van der Waals surface area contributed by atoms with Crippen molar-refractivity contribution in [2.75, 3.05) is 5.73 Å². The summed E-state index contributed by atoms with van der Waals surface area (Å²) < 4.78 is 2.61. The highest BCUT2D eigenvalue weighted by Crippen LogP contribution is 2.24. The van der Waals surface area contributed by atoms with Crippen molar-refractivity contribution in [2.45, 2.75) is 19.4 Å². The van der Waals surface area contributed by atoms with Crippen LogP contribution < -0.4 is 5.73 Å². The minimum absolute atomic E-state index is 0.413. The molecule has 0 bridgehead atoms. The van der Waals surface area contributed by atoms with Crippen molar-refractivity contribution in [3.05, 3.63) is 28.8 Å². The Hall–Kier alpha value is -1.07. The van der Waals surface area contributed by atoms with Crippen molar-refractivity contribution >= 4 is 27.1 Å². The average Bonchev–Trinajstić information content (AvgIpc) is 2.44. The molecule has 0 radical (unpaired) electrons. The molecule has 0 saturated carbocycles. The van der Waals surface area contributed by atoms with E-state index in [1.54, 1.807) is 6.92 Å². The van der Waals surface area contributed by atoms with E-state index < -0.39 is 6.10 Å². The number of hydrogen-bond acceptors (Lipinski definition) is 3. The first kappa shape index (κ1) is 10.4. The largest absolute Gasteiger partial charge is 0.397 e. The SMILES string of the molecule is CC(O)Cc1nc(Br)c2c(N)cccn12. The molecule has 80 valence electrons. The zero-order valence-electron chi connectivity index (χ0n) is 8.31. The van der Waals surface area contributed by atoms with Crippen LogP contribution in [-0.2, 0) is 6.42 Å². The number of aliphatic hydroxyl groups excluding tert-OH is 1. The van der Waals surface area contributed by atoms with Gasteiger partial charge in [0.2, 0.25) is 0 Å². The molecule has 4 nitrogen and oxygen atoms in total. The summed E-state index contributed by atoms with van der Waals surface area (Å²) in [4.78, 5) is 4.33. The van der Waals surface area contributed by atoms with Gasteiger partial charge in [0.15, 0.2) is 0 Å². The summed E-state index contributed by atoms with van der Waals surface area (Å²) in [6, 6.07) is 3.69. The molecule has 5 heteroatoms. The van der Waals surface area contributed by atoms with Crippen molar-refractivity contribution in [1.82, 2.24) is 9.38 Å². The number of rotatable bonds is 2. The second-order valence-electron chi connectivity index (χ2n) is 3.55. The molecule has 3 N–H and O–H groups in total. The lowest BCUT2D eigenvalue weighted by Gasteiger charge is -2.04. The topological polar surface area (TPSA) is 63.5 Å². The number of aliphatic hydroxyl groups is 1. The molecule has 0 aliphatic heterocycles. The van der Waals surface area contributed by atoms with Gasteiger partial charge in [-0.2, -0.15) is 0 Å². The molecule has 0 saturated heterocycles. The molecule has 0 amide bonds. The van der Waals surface area contributed by atoms with Crippen LogP contribution in [0.2, 0.25) is 0 Å². The lowest BCUT2D eigenvalue weighted by Crippen LogP contribution is -2.07. The van der Waals surface area contributed by atoms with E-state index in [0.717, 1.165) is 15.9 Å². The van der Waals surface area contributed by atoms with Crippen LogP contribution >= 0.6 is 15.9 Å². The fraction of sp³-hybridized carbons (Fsp3) is 0.300. The van der Waals surface area contributed by atoms with Gasteiger partial charge in [-0.1, -0.05) is 0 Å². The first-order valence-electron chi connectivity index (χ1n) is 4.68.